The summed E-state index contributed by atoms with van der Waals surface area (Å²) in [5.41, 5.74) is 2.49. The topological polar surface area (TPSA) is 95.9 Å². The van der Waals surface area contributed by atoms with Gasteiger partial charge in [0.25, 0.3) is 0 Å². The number of hydrogen-bond acceptors (Lipinski definition) is 5. The average Bonchev–Trinajstić information content (AvgIpc) is 2.95. The number of carboxylic acid groups (broad SMARTS) is 1. The summed E-state index contributed by atoms with van der Waals surface area (Å²) in [4.78, 5) is 36.4. The summed E-state index contributed by atoms with van der Waals surface area (Å²) in [6.07, 6.45) is 0.601. The fourth-order valence-corrected chi connectivity index (χ4v) is 2.69. The molecule has 0 spiro atoms. The summed E-state index contributed by atoms with van der Waals surface area (Å²) < 4.78 is 4.89. The second-order valence-corrected chi connectivity index (χ2v) is 5.67. The van der Waals surface area contributed by atoms with Gasteiger partial charge < -0.3 is 20.1 Å². The van der Waals surface area contributed by atoms with Crippen LogP contribution in [-0.2, 0) is 20.7 Å². The van der Waals surface area contributed by atoms with Crippen LogP contribution in [0, 0.1) is 0 Å². The van der Waals surface area contributed by atoms with Crippen molar-refractivity contribution in [3.63, 3.8) is 0 Å². The van der Waals surface area contributed by atoms with Crippen molar-refractivity contribution in [2.45, 2.75) is 19.3 Å². The van der Waals surface area contributed by atoms with Gasteiger partial charge in [-0.15, -0.1) is 0 Å². The molecule has 1 amide bonds. The number of fused-ring (bicyclic) bond motifs is 1. The van der Waals surface area contributed by atoms with E-state index in [1.54, 1.807) is 13.2 Å². The predicted molar refractivity (Wildman–Crippen MR) is 88.4 cm³/mol. The van der Waals surface area contributed by atoms with Gasteiger partial charge in [-0.05, 0) is 30.2 Å². The number of nitrogens with one attached hydrogen (secondary N) is 1. The van der Waals surface area contributed by atoms with Crippen LogP contribution in [0.25, 0.3) is 0 Å². The van der Waals surface area contributed by atoms with Crippen LogP contribution in [0.2, 0.25) is 0 Å². The smallest absolute Gasteiger partial charge is 0.303 e. The standard InChI is InChI=1S/C17H22N2O5/c1-24-9-7-18-16(21)11-19-8-6-12-10-13(2-3-14(12)19)15(20)4-5-17(22)23/h2-3,10H,4-9,11H2,1H3,(H,18,21)(H,22,23). The van der Waals surface area contributed by atoms with E-state index >= 15 is 0 Å². The highest BCUT2D eigenvalue weighted by Gasteiger charge is 2.22. The SMILES string of the molecule is COCCNC(=O)CN1CCc2cc(C(=O)CCC(=O)O)ccc21. The zero-order chi connectivity index (χ0) is 17.5. The first-order valence-corrected chi connectivity index (χ1v) is 7.89. The van der Waals surface area contributed by atoms with E-state index in [2.05, 4.69) is 5.32 Å². The van der Waals surface area contributed by atoms with Gasteiger partial charge in [0.05, 0.1) is 19.6 Å². The molecule has 24 heavy (non-hydrogen) atoms. The molecule has 130 valence electrons. The van der Waals surface area contributed by atoms with Gasteiger partial charge >= 0.3 is 5.97 Å². The van der Waals surface area contributed by atoms with Crippen molar-refractivity contribution in [1.29, 1.82) is 0 Å². The maximum absolute atomic E-state index is 12.0. The molecule has 0 fully saturated rings. The van der Waals surface area contributed by atoms with E-state index in [4.69, 9.17) is 9.84 Å². The normalized spacial score (nSPS) is 12.8. The summed E-state index contributed by atoms with van der Waals surface area (Å²) >= 11 is 0. The fraction of sp³-hybridized carbons (Fsp3) is 0.471. The maximum atomic E-state index is 12.0. The van der Waals surface area contributed by atoms with Crippen LogP contribution >= 0.6 is 0 Å². The molecule has 0 aromatic heterocycles. The van der Waals surface area contributed by atoms with Gasteiger partial charge in [-0.1, -0.05) is 0 Å². The van der Waals surface area contributed by atoms with Crippen molar-refractivity contribution in [1.82, 2.24) is 5.32 Å². The molecule has 0 aliphatic carbocycles. The monoisotopic (exact) mass is 334 g/mol. The number of Topliss-reactive ketones (excluding diaryl/α,β-unsaturated/α-hetero) is 1. The number of carbonyl (C=O) groups is 3. The van der Waals surface area contributed by atoms with E-state index in [1.165, 1.54) is 0 Å². The lowest BCUT2D eigenvalue weighted by Crippen LogP contribution is -2.37. The number of benzene rings is 1. The lowest BCUT2D eigenvalue weighted by atomic mass is 10.0. The van der Waals surface area contributed by atoms with E-state index in [0.717, 1.165) is 24.2 Å². The van der Waals surface area contributed by atoms with Crippen molar-refractivity contribution in [3.05, 3.63) is 29.3 Å². The molecule has 0 radical (unpaired) electrons. The average molecular weight is 334 g/mol. The van der Waals surface area contributed by atoms with Crippen LogP contribution in [0.5, 0.6) is 0 Å². The van der Waals surface area contributed by atoms with E-state index in [1.807, 2.05) is 17.0 Å². The summed E-state index contributed by atoms with van der Waals surface area (Å²) in [7, 11) is 1.58. The molecule has 1 aromatic carbocycles. The molecule has 2 rings (SSSR count). The molecule has 1 aliphatic rings. The van der Waals surface area contributed by atoms with Crippen LogP contribution in [-0.4, -0.2) is 56.1 Å². The first-order chi connectivity index (χ1) is 11.5. The van der Waals surface area contributed by atoms with Crippen LogP contribution in [0.15, 0.2) is 18.2 Å². The number of carbonyl (C=O) groups excluding carboxylic acids is 2. The summed E-state index contributed by atoms with van der Waals surface area (Å²) in [5.74, 6) is -1.22. The Kier molecular flexibility index (Phi) is 6.31. The Morgan fingerprint density at radius 1 is 1.29 bits per heavy atom. The minimum absolute atomic E-state index is 0.000258. The molecule has 7 heteroatoms. The summed E-state index contributed by atoms with van der Waals surface area (Å²) in [5, 5.41) is 11.4. The zero-order valence-corrected chi connectivity index (χ0v) is 13.7. The molecule has 1 aromatic rings. The number of rotatable bonds is 9. The number of hydrogen-bond donors (Lipinski definition) is 2. The van der Waals surface area contributed by atoms with Crippen LogP contribution in [0.1, 0.15) is 28.8 Å². The molecule has 0 saturated heterocycles. The van der Waals surface area contributed by atoms with Crippen molar-refractivity contribution < 1.29 is 24.2 Å². The third-order valence-corrected chi connectivity index (χ3v) is 3.92. The second-order valence-electron chi connectivity index (χ2n) is 5.67. The van der Waals surface area contributed by atoms with Gasteiger partial charge in [0.15, 0.2) is 5.78 Å². The van der Waals surface area contributed by atoms with Crippen molar-refractivity contribution in [2.24, 2.45) is 0 Å². The largest absolute Gasteiger partial charge is 0.481 e. The van der Waals surface area contributed by atoms with Crippen molar-refractivity contribution in [2.75, 3.05) is 38.3 Å². The number of ketones is 1. The highest BCUT2D eigenvalue weighted by atomic mass is 16.5. The van der Waals surface area contributed by atoms with E-state index in [0.29, 0.717) is 18.7 Å². The van der Waals surface area contributed by atoms with Gasteiger partial charge in [0.2, 0.25) is 5.91 Å². The molecule has 0 atom stereocenters. The zero-order valence-electron chi connectivity index (χ0n) is 13.7. The first kappa shape index (κ1) is 17.9. The number of amides is 1. The van der Waals surface area contributed by atoms with Crippen molar-refractivity contribution in [3.8, 4) is 0 Å². The van der Waals surface area contributed by atoms with Crippen LogP contribution in [0.3, 0.4) is 0 Å². The highest BCUT2D eigenvalue weighted by molar-refractivity contribution is 5.98. The number of ether oxygens (including phenoxy) is 1. The highest BCUT2D eigenvalue weighted by Crippen LogP contribution is 2.29. The molecule has 7 nitrogen and oxygen atoms in total. The molecule has 1 heterocycles. The Labute approximate surface area is 140 Å². The van der Waals surface area contributed by atoms with Crippen LogP contribution in [0.4, 0.5) is 5.69 Å². The lowest BCUT2D eigenvalue weighted by Gasteiger charge is -2.19. The molecular weight excluding hydrogens is 312 g/mol. The Bertz CT molecular complexity index is 629. The minimum Gasteiger partial charge on any atom is -0.481 e. The van der Waals surface area contributed by atoms with Gasteiger partial charge in [-0.2, -0.15) is 0 Å². The molecule has 1 aliphatic heterocycles. The van der Waals surface area contributed by atoms with E-state index < -0.39 is 5.97 Å². The second kappa shape index (κ2) is 8.44. The fourth-order valence-electron chi connectivity index (χ4n) is 2.69. The first-order valence-electron chi connectivity index (χ1n) is 7.89. The summed E-state index contributed by atoms with van der Waals surface area (Å²) in [6.45, 7) is 1.94. The molecule has 0 bridgehead atoms. The van der Waals surface area contributed by atoms with Crippen molar-refractivity contribution >= 4 is 23.3 Å². The predicted octanol–water partition coefficient (Wildman–Crippen LogP) is 0.859. The van der Waals surface area contributed by atoms with E-state index in [-0.39, 0.29) is 31.1 Å². The van der Waals surface area contributed by atoms with Gasteiger partial charge in [0, 0.05) is 37.9 Å². The number of anilines is 1. The van der Waals surface area contributed by atoms with Gasteiger partial charge in [-0.25, -0.2) is 0 Å². The van der Waals surface area contributed by atoms with Gasteiger partial charge in [-0.3, -0.25) is 14.4 Å². The third-order valence-electron chi connectivity index (χ3n) is 3.92. The van der Waals surface area contributed by atoms with Gasteiger partial charge in [0.1, 0.15) is 0 Å². The summed E-state index contributed by atoms with van der Waals surface area (Å²) in [6, 6.07) is 5.34. The number of aliphatic carboxylic acids is 1. The van der Waals surface area contributed by atoms with E-state index in [9.17, 15) is 14.4 Å². The maximum Gasteiger partial charge on any atom is 0.303 e. The molecule has 0 unspecified atom stereocenters. The Hall–Kier alpha value is -2.41. The number of methoxy groups -OCH3 is 1. The molecule has 0 saturated carbocycles. The Balaban J connectivity index is 1.96. The molecule has 2 N–H and O–H groups in total. The quantitative estimate of drug-likeness (QED) is 0.514. The Morgan fingerprint density at radius 2 is 2.08 bits per heavy atom. The minimum atomic E-state index is -0.977. The van der Waals surface area contributed by atoms with Crippen LogP contribution < -0.4 is 10.2 Å². The lowest BCUT2D eigenvalue weighted by molar-refractivity contribution is -0.137. The number of nitrogens with zero attached hydrogens (tertiary/aromatic N) is 1. The third kappa shape index (κ3) is 4.79. The Morgan fingerprint density at radius 3 is 2.79 bits per heavy atom. The number of carboxylic acids is 1. The molecular formula is C17H22N2O5.